The largest absolute Gasteiger partial charge is 0.455 e. The number of benzene rings is 14. The lowest BCUT2D eigenvalue weighted by Gasteiger charge is -2.18. The highest BCUT2D eigenvalue weighted by molar-refractivity contribution is 6.31. The van der Waals surface area contributed by atoms with Crippen LogP contribution in [0.3, 0.4) is 0 Å². The first-order chi connectivity index (χ1) is 32.2. The molecule has 0 radical (unpaired) electrons. The van der Waals surface area contributed by atoms with Gasteiger partial charge in [-0.05, 0) is 150 Å². The van der Waals surface area contributed by atoms with Crippen LogP contribution in [0, 0.1) is 0 Å². The summed E-state index contributed by atoms with van der Waals surface area (Å²) >= 11 is 0. The fraction of sp³-hybridized carbons (Fsp3) is 0. The van der Waals surface area contributed by atoms with Crippen LogP contribution in [0.15, 0.2) is 223 Å². The van der Waals surface area contributed by atoms with E-state index in [0.29, 0.717) is 0 Å². The van der Waals surface area contributed by atoms with Gasteiger partial charge in [0.2, 0.25) is 0 Å². The van der Waals surface area contributed by atoms with Gasteiger partial charge in [0.05, 0.1) is 0 Å². The van der Waals surface area contributed by atoms with Crippen LogP contribution >= 0.6 is 0 Å². The first-order valence-corrected chi connectivity index (χ1v) is 22.6. The summed E-state index contributed by atoms with van der Waals surface area (Å²) in [6.07, 6.45) is 0. The molecule has 0 N–H and O–H groups in total. The van der Waals surface area contributed by atoms with E-state index in [1.165, 1.54) is 120 Å². The van der Waals surface area contributed by atoms with E-state index in [0.717, 1.165) is 32.7 Å². The molecular weight excluding hydrogens is 785 g/mol. The van der Waals surface area contributed by atoms with Gasteiger partial charge in [-0.3, -0.25) is 0 Å². The van der Waals surface area contributed by atoms with E-state index in [9.17, 15) is 0 Å². The van der Waals surface area contributed by atoms with E-state index in [1.54, 1.807) is 0 Å². The summed E-state index contributed by atoms with van der Waals surface area (Å²) in [7, 11) is 0. The second kappa shape index (κ2) is 13.0. The molecule has 0 amide bonds. The van der Waals surface area contributed by atoms with Crippen molar-refractivity contribution in [3.8, 4) is 44.5 Å². The second-order valence-corrected chi connectivity index (χ2v) is 17.9. The molecular formula is C64H36O. The summed E-state index contributed by atoms with van der Waals surface area (Å²) in [6, 6.07) is 81.1. The van der Waals surface area contributed by atoms with Crippen LogP contribution in [0.4, 0.5) is 0 Å². The van der Waals surface area contributed by atoms with Gasteiger partial charge in [0.25, 0.3) is 0 Å². The maximum Gasteiger partial charge on any atom is 0.143 e. The van der Waals surface area contributed by atoms with Gasteiger partial charge in [-0.15, -0.1) is 0 Å². The highest BCUT2D eigenvalue weighted by Gasteiger charge is 2.22. The highest BCUT2D eigenvalue weighted by Crippen LogP contribution is 2.49. The van der Waals surface area contributed by atoms with Crippen molar-refractivity contribution < 1.29 is 4.42 Å². The van der Waals surface area contributed by atoms with Gasteiger partial charge in [-0.1, -0.05) is 194 Å². The molecule has 298 valence electrons. The van der Waals surface area contributed by atoms with Crippen molar-refractivity contribution in [2.75, 3.05) is 0 Å². The predicted molar refractivity (Wildman–Crippen MR) is 278 cm³/mol. The van der Waals surface area contributed by atoms with E-state index in [1.807, 2.05) is 0 Å². The van der Waals surface area contributed by atoms with E-state index < -0.39 is 0 Å². The lowest BCUT2D eigenvalue weighted by molar-refractivity contribution is 0.673. The number of fused-ring (bicyclic) bond motifs is 6. The summed E-state index contributed by atoms with van der Waals surface area (Å²) in [4.78, 5) is 0. The Hall–Kier alpha value is -8.52. The van der Waals surface area contributed by atoms with E-state index in [-0.39, 0.29) is 0 Å². The Bertz CT molecular complexity index is 4440. The lowest BCUT2D eigenvalue weighted by Crippen LogP contribution is -1.91. The Balaban J connectivity index is 0.995. The molecule has 0 aliphatic carbocycles. The predicted octanol–water partition coefficient (Wildman–Crippen LogP) is 18.4. The van der Waals surface area contributed by atoms with Gasteiger partial charge in [-0.2, -0.15) is 0 Å². The van der Waals surface area contributed by atoms with Crippen molar-refractivity contribution in [1.29, 1.82) is 0 Å². The zero-order valence-electron chi connectivity index (χ0n) is 35.2. The van der Waals surface area contributed by atoms with Gasteiger partial charge in [0, 0.05) is 16.2 Å². The van der Waals surface area contributed by atoms with Crippen LogP contribution in [0.2, 0.25) is 0 Å². The average molecular weight is 821 g/mol. The maximum atomic E-state index is 7.15. The van der Waals surface area contributed by atoms with Gasteiger partial charge < -0.3 is 4.42 Å². The van der Waals surface area contributed by atoms with Crippen molar-refractivity contribution in [3.05, 3.63) is 218 Å². The third-order valence-corrected chi connectivity index (χ3v) is 14.5. The summed E-state index contributed by atoms with van der Waals surface area (Å²) in [5, 5.41) is 22.3. The standard InChI is InChI=1S/C64H36O/c1-3-9-37(10-4-1)47-25-17-39-23-31-53-49(27-19-41-21-29-51(47)59(39)61(41)53)45-15-16-46-35-56(63-57-33-43-13-7-8-14-44(43)36-58(57)65-64(63)55(46)34-45)50-28-20-42-22-30-52-48(38-11-5-2-6-12-38)26-18-40-24-32-54(50)62(42)60(40)52/h1-36H. The summed E-state index contributed by atoms with van der Waals surface area (Å²) in [6.45, 7) is 0. The molecule has 15 rings (SSSR count). The second-order valence-electron chi connectivity index (χ2n) is 17.9. The Morgan fingerprint density at radius 1 is 0.215 bits per heavy atom. The molecule has 0 unspecified atom stereocenters. The minimum Gasteiger partial charge on any atom is -0.455 e. The number of hydrogen-bond acceptors (Lipinski definition) is 1. The van der Waals surface area contributed by atoms with Crippen LogP contribution in [0.1, 0.15) is 0 Å². The molecule has 14 aromatic carbocycles. The van der Waals surface area contributed by atoms with Crippen LogP contribution < -0.4 is 0 Å². The third kappa shape index (κ3) is 4.93. The monoisotopic (exact) mass is 820 g/mol. The van der Waals surface area contributed by atoms with E-state index in [4.69, 9.17) is 4.42 Å². The Morgan fingerprint density at radius 2 is 0.646 bits per heavy atom. The molecule has 0 spiro atoms. The molecule has 1 heteroatoms. The highest BCUT2D eigenvalue weighted by atomic mass is 16.3. The lowest BCUT2D eigenvalue weighted by atomic mass is 9.85. The van der Waals surface area contributed by atoms with Gasteiger partial charge in [0.15, 0.2) is 0 Å². The van der Waals surface area contributed by atoms with Crippen LogP contribution in [-0.4, -0.2) is 0 Å². The number of rotatable bonds is 4. The normalized spacial score (nSPS) is 12.3. The Morgan fingerprint density at radius 3 is 1.18 bits per heavy atom. The van der Waals surface area contributed by atoms with Crippen LogP contribution in [0.25, 0.3) is 153 Å². The van der Waals surface area contributed by atoms with E-state index in [2.05, 4.69) is 218 Å². The van der Waals surface area contributed by atoms with Gasteiger partial charge in [0.1, 0.15) is 11.2 Å². The van der Waals surface area contributed by atoms with Crippen molar-refractivity contribution >= 4 is 108 Å². The molecule has 0 saturated carbocycles. The molecule has 1 heterocycles. The summed E-state index contributed by atoms with van der Waals surface area (Å²) in [5.41, 5.74) is 11.6. The molecule has 0 atom stereocenters. The van der Waals surface area contributed by atoms with Gasteiger partial charge >= 0.3 is 0 Å². The third-order valence-electron chi connectivity index (χ3n) is 14.5. The smallest absolute Gasteiger partial charge is 0.143 e. The first-order valence-electron chi connectivity index (χ1n) is 22.6. The molecule has 0 saturated heterocycles. The molecule has 1 aromatic heterocycles. The van der Waals surface area contributed by atoms with Crippen LogP contribution in [0.5, 0.6) is 0 Å². The molecule has 0 aliphatic heterocycles. The summed E-state index contributed by atoms with van der Waals surface area (Å²) in [5.74, 6) is 0. The number of furan rings is 1. The minimum atomic E-state index is 0.903. The van der Waals surface area contributed by atoms with Crippen molar-refractivity contribution in [1.82, 2.24) is 0 Å². The molecule has 1 nitrogen and oxygen atoms in total. The first kappa shape index (κ1) is 35.0. The average Bonchev–Trinajstić information content (AvgIpc) is 3.75. The fourth-order valence-corrected chi connectivity index (χ4v) is 11.6. The Kier molecular flexibility index (Phi) is 7.01. The van der Waals surface area contributed by atoms with E-state index >= 15 is 0 Å². The molecule has 65 heavy (non-hydrogen) atoms. The van der Waals surface area contributed by atoms with Crippen molar-refractivity contribution in [3.63, 3.8) is 0 Å². The Labute approximate surface area is 373 Å². The van der Waals surface area contributed by atoms with Crippen molar-refractivity contribution in [2.24, 2.45) is 0 Å². The molecule has 0 bridgehead atoms. The topological polar surface area (TPSA) is 13.1 Å². The number of hydrogen-bond donors (Lipinski definition) is 0. The summed E-state index contributed by atoms with van der Waals surface area (Å²) < 4.78 is 7.15. The van der Waals surface area contributed by atoms with Crippen LogP contribution in [-0.2, 0) is 0 Å². The molecule has 15 aromatic rings. The van der Waals surface area contributed by atoms with Crippen molar-refractivity contribution in [2.45, 2.75) is 0 Å². The molecule has 0 fully saturated rings. The molecule has 0 aliphatic rings. The SMILES string of the molecule is c1ccc(-c2ccc3ccc4c(-c5ccc6cc(-c7ccc8ccc9c(-c%10ccccc%10)ccc%10ccc7c8c%109)c7c8cc9ccccc9cc8oc7c6c5)ccc5ccc2c3c54)cc1. The van der Waals surface area contributed by atoms with Gasteiger partial charge in [-0.25, -0.2) is 0 Å². The fourth-order valence-electron chi connectivity index (χ4n) is 11.6. The zero-order valence-corrected chi connectivity index (χ0v) is 35.2. The maximum absolute atomic E-state index is 7.15. The quantitative estimate of drug-likeness (QED) is 0.161. The minimum absolute atomic E-state index is 0.903. The zero-order chi connectivity index (χ0) is 42.3.